The molecule has 4 rings (SSSR count). The number of unbranched alkanes of at least 4 members (excludes halogenated alkanes) is 2. The Bertz CT molecular complexity index is 2220. The van der Waals surface area contributed by atoms with Crippen LogP contribution >= 0.6 is 0 Å². The molecule has 0 aromatic heterocycles. The van der Waals surface area contributed by atoms with E-state index in [1.807, 2.05) is 103 Å². The van der Waals surface area contributed by atoms with E-state index in [-0.39, 0.29) is 72.7 Å². The second kappa shape index (κ2) is 33.3. The Kier molecular flexibility index (Phi) is 27.9. The molecule has 79 heavy (non-hydrogen) atoms. The van der Waals surface area contributed by atoms with Crippen molar-refractivity contribution < 1.29 is 47.9 Å². The predicted octanol–water partition coefficient (Wildman–Crippen LogP) is 5.57. The Labute approximate surface area is 471 Å². The van der Waals surface area contributed by atoms with Gasteiger partial charge in [-0.15, -0.1) is 0 Å². The number of likely N-dealkylation sites (tertiary alicyclic amines) is 2. The minimum atomic E-state index is -1.02. The minimum Gasteiger partial charge on any atom is -0.379 e. The van der Waals surface area contributed by atoms with Crippen LogP contribution in [0.1, 0.15) is 124 Å². The van der Waals surface area contributed by atoms with Crippen LogP contribution in [0.2, 0.25) is 0 Å². The Hall–Kier alpha value is -5.47. The highest BCUT2D eigenvalue weighted by Gasteiger charge is 2.44. The standard InChI is InChI=1S/C60H97N9O10/c1-14-41(6)54(67(11)60(76)52(39(2)3)64-59(75)53(40(4)5)66(9)10)49(77-12)37-51(71)69-33-21-24-48(69)55(78-13)42(7)56(72)63-47(36-43-22-17-15-18-23-43)58(74)65-79-38-44-26-28-46(29-27-44)62-50(70)25-19-16-20-32-68-34-30-45(31-35-68)57(73)61-8/h15,17-18,22-23,26-29,39-42,45,47-49,52-55H,14,16,19-21,24-25,30-38H2,1-13H3,(H,61,73)(H,62,70)(H,63,72)(H,64,75)(H,65,74)/t41-,42+,47-,48-,49+,52-,53-,54-,55+/m0/s1. The lowest BCUT2D eigenvalue weighted by atomic mass is 9.89. The van der Waals surface area contributed by atoms with Gasteiger partial charge in [-0.3, -0.25) is 43.3 Å². The van der Waals surface area contributed by atoms with Crippen molar-refractivity contribution in [2.24, 2.45) is 29.6 Å². The first-order chi connectivity index (χ1) is 37.6. The van der Waals surface area contributed by atoms with E-state index in [1.54, 1.807) is 50.1 Å². The van der Waals surface area contributed by atoms with Gasteiger partial charge in [0.2, 0.25) is 35.4 Å². The van der Waals surface area contributed by atoms with Crippen molar-refractivity contribution >= 4 is 47.0 Å². The number of carbonyl (C=O) groups excluding carboxylic acids is 7. The normalized spacial score (nSPS) is 18.2. The van der Waals surface area contributed by atoms with Crippen LogP contribution in [0.4, 0.5) is 5.69 Å². The van der Waals surface area contributed by atoms with Gasteiger partial charge in [0.1, 0.15) is 12.1 Å². The molecule has 0 saturated carbocycles. The van der Waals surface area contributed by atoms with Crippen LogP contribution in [0.5, 0.6) is 0 Å². The SMILES string of the molecule is CC[C@H](C)[C@@H]([C@@H](CC(=O)N1CCC[C@H]1[C@H](OC)[C@@H](C)C(=O)N[C@@H](Cc1ccccc1)C(=O)NOCc1ccc(NC(=O)CCCCCN2CCC(C(=O)NC)CC2)cc1)OC)N(C)C(=O)[C@@H](NC(=O)[C@H](C(C)C)N(C)C)C(C)C. The Balaban J connectivity index is 1.34. The molecular formula is C60H97N9O10. The summed E-state index contributed by atoms with van der Waals surface area (Å²) in [6.45, 7) is 16.8. The van der Waals surface area contributed by atoms with Gasteiger partial charge in [-0.2, -0.15) is 0 Å². The minimum absolute atomic E-state index is 0.0174. The number of ether oxygens (including phenoxy) is 2. The van der Waals surface area contributed by atoms with E-state index in [0.29, 0.717) is 37.9 Å². The maximum Gasteiger partial charge on any atom is 0.266 e. The molecule has 2 aromatic rings. The molecular weight excluding hydrogens is 1010 g/mol. The summed E-state index contributed by atoms with van der Waals surface area (Å²) in [6.07, 6.45) is 5.63. The van der Waals surface area contributed by atoms with E-state index in [1.165, 1.54) is 7.11 Å². The molecule has 2 fully saturated rings. The molecule has 2 aliphatic rings. The molecule has 0 radical (unpaired) electrons. The number of methoxy groups -OCH3 is 2. The van der Waals surface area contributed by atoms with Crippen LogP contribution < -0.4 is 26.7 Å². The van der Waals surface area contributed by atoms with Crippen molar-refractivity contribution in [3.05, 3.63) is 65.7 Å². The van der Waals surface area contributed by atoms with Crippen molar-refractivity contribution in [2.45, 2.75) is 168 Å². The fourth-order valence-corrected chi connectivity index (χ4v) is 11.4. The monoisotopic (exact) mass is 1100 g/mol. The molecule has 19 heteroatoms. The van der Waals surface area contributed by atoms with Crippen LogP contribution in [0.25, 0.3) is 0 Å². The van der Waals surface area contributed by atoms with Crippen molar-refractivity contribution in [1.82, 2.24) is 41.0 Å². The Morgan fingerprint density at radius 2 is 1.42 bits per heavy atom. The number of nitrogens with one attached hydrogen (secondary N) is 5. The van der Waals surface area contributed by atoms with E-state index in [9.17, 15) is 33.6 Å². The van der Waals surface area contributed by atoms with E-state index >= 15 is 0 Å². The summed E-state index contributed by atoms with van der Waals surface area (Å²) in [7, 11) is 10.2. The zero-order valence-corrected chi connectivity index (χ0v) is 49.8. The second-order valence-corrected chi connectivity index (χ2v) is 22.8. The number of hydrogen-bond acceptors (Lipinski definition) is 12. The third kappa shape index (κ3) is 19.9. The molecule has 0 aliphatic carbocycles. The number of carbonyl (C=O) groups is 7. The predicted molar refractivity (Wildman–Crippen MR) is 307 cm³/mol. The van der Waals surface area contributed by atoms with Crippen molar-refractivity contribution in [3.63, 3.8) is 0 Å². The Morgan fingerprint density at radius 1 is 0.747 bits per heavy atom. The van der Waals surface area contributed by atoms with Gasteiger partial charge in [0.05, 0.1) is 49.3 Å². The maximum absolute atomic E-state index is 14.5. The Morgan fingerprint density at radius 3 is 2.00 bits per heavy atom. The fourth-order valence-electron chi connectivity index (χ4n) is 11.4. The molecule has 19 nitrogen and oxygen atoms in total. The number of piperidine rings is 1. The largest absolute Gasteiger partial charge is 0.379 e. The van der Waals surface area contributed by atoms with Gasteiger partial charge in [-0.05, 0) is 113 Å². The van der Waals surface area contributed by atoms with Crippen LogP contribution in [-0.2, 0) is 60.9 Å². The number of amides is 7. The molecule has 0 bridgehead atoms. The molecule has 2 aliphatic heterocycles. The summed E-state index contributed by atoms with van der Waals surface area (Å²) < 4.78 is 12.1. The molecule has 0 spiro atoms. The summed E-state index contributed by atoms with van der Waals surface area (Å²) in [5.41, 5.74) is 4.76. The van der Waals surface area contributed by atoms with Gasteiger partial charge < -0.3 is 45.4 Å². The lowest BCUT2D eigenvalue weighted by Gasteiger charge is -2.41. The van der Waals surface area contributed by atoms with Crippen LogP contribution in [0.3, 0.4) is 0 Å². The molecule has 7 amide bonds. The first kappa shape index (κ1) is 66.0. The first-order valence-electron chi connectivity index (χ1n) is 28.8. The van der Waals surface area contributed by atoms with Gasteiger partial charge >= 0.3 is 0 Å². The van der Waals surface area contributed by atoms with E-state index < -0.39 is 60.1 Å². The summed E-state index contributed by atoms with van der Waals surface area (Å²) in [5.74, 6) is -2.53. The number of anilines is 1. The molecule has 9 atom stereocenters. The molecule has 5 N–H and O–H groups in total. The number of benzene rings is 2. The smallest absolute Gasteiger partial charge is 0.266 e. The highest BCUT2D eigenvalue weighted by Crippen LogP contribution is 2.30. The third-order valence-electron chi connectivity index (χ3n) is 16.1. The highest BCUT2D eigenvalue weighted by molar-refractivity contribution is 5.91. The van der Waals surface area contributed by atoms with Crippen LogP contribution in [0, 0.1) is 29.6 Å². The quantitative estimate of drug-likeness (QED) is 0.0449. The number of nitrogens with zero attached hydrogens (tertiary/aromatic N) is 4. The lowest BCUT2D eigenvalue weighted by Crippen LogP contribution is -2.59. The van der Waals surface area contributed by atoms with E-state index in [4.69, 9.17) is 14.3 Å². The molecule has 2 aromatic carbocycles. The molecule has 2 heterocycles. The average Bonchev–Trinajstić information content (AvgIpc) is 3.92. The third-order valence-corrected chi connectivity index (χ3v) is 16.1. The molecule has 0 unspecified atom stereocenters. The molecule has 442 valence electrons. The summed E-state index contributed by atoms with van der Waals surface area (Å²) in [6, 6.07) is 13.3. The number of likely N-dealkylation sites (N-methyl/N-ethyl adjacent to an activating group) is 2. The van der Waals surface area contributed by atoms with Crippen LogP contribution in [-0.4, -0.2) is 172 Å². The van der Waals surface area contributed by atoms with Crippen molar-refractivity contribution in [1.29, 1.82) is 0 Å². The van der Waals surface area contributed by atoms with Gasteiger partial charge in [0.15, 0.2) is 0 Å². The zero-order chi connectivity index (χ0) is 58.3. The van der Waals surface area contributed by atoms with Gasteiger partial charge in [-0.25, -0.2) is 5.48 Å². The van der Waals surface area contributed by atoms with Gasteiger partial charge in [0, 0.05) is 59.3 Å². The maximum atomic E-state index is 14.5. The second-order valence-electron chi connectivity index (χ2n) is 22.8. The average molecular weight is 1100 g/mol. The van der Waals surface area contributed by atoms with E-state index in [2.05, 4.69) is 31.6 Å². The van der Waals surface area contributed by atoms with Gasteiger partial charge in [0.25, 0.3) is 5.91 Å². The summed E-state index contributed by atoms with van der Waals surface area (Å²) in [4.78, 5) is 109. The van der Waals surface area contributed by atoms with Crippen LogP contribution in [0.15, 0.2) is 54.6 Å². The topological polar surface area (TPSA) is 220 Å². The number of hydroxylamine groups is 1. The first-order valence-corrected chi connectivity index (χ1v) is 28.8. The number of rotatable bonds is 32. The summed E-state index contributed by atoms with van der Waals surface area (Å²) in [5, 5.41) is 11.7. The zero-order valence-electron chi connectivity index (χ0n) is 49.8. The van der Waals surface area contributed by atoms with Gasteiger partial charge in [-0.1, -0.05) is 104 Å². The summed E-state index contributed by atoms with van der Waals surface area (Å²) >= 11 is 0. The lowest BCUT2D eigenvalue weighted by molar-refractivity contribution is -0.148. The molecule has 2 saturated heterocycles. The van der Waals surface area contributed by atoms with E-state index in [0.717, 1.165) is 62.9 Å². The number of hydrogen-bond donors (Lipinski definition) is 5. The van der Waals surface area contributed by atoms with Crippen molar-refractivity contribution in [2.75, 3.05) is 73.9 Å². The highest BCUT2D eigenvalue weighted by atomic mass is 16.7. The van der Waals surface area contributed by atoms with Crippen molar-refractivity contribution in [3.8, 4) is 0 Å². The fraction of sp³-hybridized carbons (Fsp3) is 0.683.